The molecule has 2 aromatic rings. The van der Waals surface area contributed by atoms with Crippen LogP contribution >= 0.6 is 22.9 Å². The Labute approximate surface area is 152 Å². The Bertz CT molecular complexity index is 789. The number of urea groups is 1. The number of anilines is 1. The fourth-order valence-corrected chi connectivity index (χ4v) is 4.36. The Kier molecular flexibility index (Phi) is 4.35. The zero-order valence-electron chi connectivity index (χ0n) is 13.2. The number of aromatic nitrogens is 2. The van der Waals surface area contributed by atoms with Gasteiger partial charge in [0.05, 0.1) is 10.6 Å². The highest BCUT2D eigenvalue weighted by molar-refractivity contribution is 7.18. The normalized spacial score (nSPS) is 21.1. The van der Waals surface area contributed by atoms with E-state index in [4.69, 9.17) is 16.3 Å². The number of benzene rings is 1. The molecule has 1 aliphatic heterocycles. The van der Waals surface area contributed by atoms with E-state index in [1.165, 1.54) is 12.1 Å². The predicted molar refractivity (Wildman–Crippen MR) is 93.4 cm³/mol. The van der Waals surface area contributed by atoms with E-state index >= 15 is 0 Å². The number of ether oxygens (including phenoxy) is 1. The summed E-state index contributed by atoms with van der Waals surface area (Å²) in [4.78, 5) is 12.2. The first-order valence-electron chi connectivity index (χ1n) is 8.01. The van der Waals surface area contributed by atoms with Crippen molar-refractivity contribution >= 4 is 34.1 Å². The van der Waals surface area contributed by atoms with Gasteiger partial charge in [0.1, 0.15) is 5.82 Å². The third-order valence-electron chi connectivity index (χ3n) is 4.81. The van der Waals surface area contributed by atoms with Crippen molar-refractivity contribution in [2.45, 2.75) is 25.3 Å². The van der Waals surface area contributed by atoms with Crippen molar-refractivity contribution in [1.29, 1.82) is 0 Å². The number of amides is 2. The van der Waals surface area contributed by atoms with Crippen molar-refractivity contribution < 1.29 is 13.9 Å². The highest BCUT2D eigenvalue weighted by Gasteiger charge is 2.55. The van der Waals surface area contributed by atoms with Gasteiger partial charge in [0, 0.05) is 19.3 Å². The lowest BCUT2D eigenvalue weighted by molar-refractivity contribution is 0.0548. The molecule has 9 heteroatoms. The van der Waals surface area contributed by atoms with Crippen LogP contribution in [0.1, 0.15) is 19.3 Å². The van der Waals surface area contributed by atoms with Gasteiger partial charge < -0.3 is 10.1 Å². The Morgan fingerprint density at radius 3 is 2.92 bits per heavy atom. The first kappa shape index (κ1) is 16.7. The van der Waals surface area contributed by atoms with Gasteiger partial charge in [-0.25, -0.2) is 9.18 Å². The number of hydrogen-bond donors (Lipinski definition) is 2. The van der Waals surface area contributed by atoms with E-state index in [0.29, 0.717) is 10.1 Å². The van der Waals surface area contributed by atoms with Gasteiger partial charge in [-0.2, -0.15) is 0 Å². The molecule has 1 spiro atoms. The molecule has 6 nitrogen and oxygen atoms in total. The average molecular weight is 383 g/mol. The highest BCUT2D eigenvalue weighted by Crippen LogP contribution is 2.53. The maximum absolute atomic E-state index is 13.9. The third kappa shape index (κ3) is 3.33. The summed E-state index contributed by atoms with van der Waals surface area (Å²) < 4.78 is 19.3. The van der Waals surface area contributed by atoms with Gasteiger partial charge >= 0.3 is 6.03 Å². The number of nitrogens with zero attached hydrogens (tertiary/aromatic N) is 2. The summed E-state index contributed by atoms with van der Waals surface area (Å²) in [5, 5.41) is 14.3. The molecule has 2 fully saturated rings. The Morgan fingerprint density at radius 1 is 1.36 bits per heavy atom. The zero-order chi connectivity index (χ0) is 17.4. The molecule has 0 radical (unpaired) electrons. The maximum atomic E-state index is 13.9. The second-order valence-electron chi connectivity index (χ2n) is 6.34. The van der Waals surface area contributed by atoms with Crippen LogP contribution in [-0.4, -0.2) is 35.5 Å². The topological polar surface area (TPSA) is 76.1 Å². The SMILES string of the molecule is O=C(Nc1nnc(-c2c(F)cccc2Cl)s1)NC1CC12CCOCC2. The van der Waals surface area contributed by atoms with Gasteiger partial charge in [-0.1, -0.05) is 29.0 Å². The molecule has 1 aromatic carbocycles. The number of carbonyl (C=O) groups excluding carboxylic acids is 1. The van der Waals surface area contributed by atoms with Crippen LogP contribution in [0.25, 0.3) is 10.6 Å². The number of carbonyl (C=O) groups is 1. The van der Waals surface area contributed by atoms with E-state index in [2.05, 4.69) is 20.8 Å². The summed E-state index contributed by atoms with van der Waals surface area (Å²) in [7, 11) is 0. The molecule has 2 amide bonds. The van der Waals surface area contributed by atoms with E-state index in [0.717, 1.165) is 43.8 Å². The average Bonchev–Trinajstić information content (AvgIpc) is 3.01. The van der Waals surface area contributed by atoms with Crippen LogP contribution in [0, 0.1) is 11.2 Å². The molecule has 0 bridgehead atoms. The third-order valence-corrected chi connectivity index (χ3v) is 5.98. The highest BCUT2D eigenvalue weighted by atomic mass is 35.5. The lowest BCUT2D eigenvalue weighted by Crippen LogP contribution is -2.35. The molecular formula is C16H16ClFN4O2S. The van der Waals surface area contributed by atoms with E-state index in [-0.39, 0.29) is 28.1 Å². The van der Waals surface area contributed by atoms with Crippen molar-refractivity contribution in [3.05, 3.63) is 29.0 Å². The molecule has 2 heterocycles. The predicted octanol–water partition coefficient (Wildman–Crippen LogP) is 3.69. The standard InChI is InChI=1S/C16H16ClFN4O2S/c17-9-2-1-3-10(18)12(9)13-21-22-15(25-13)20-14(23)19-11-8-16(11)4-6-24-7-5-16/h1-3,11H,4-8H2,(H2,19,20,22,23). The van der Waals surface area contributed by atoms with Crippen molar-refractivity contribution in [3.63, 3.8) is 0 Å². The molecule has 1 saturated carbocycles. The quantitative estimate of drug-likeness (QED) is 0.848. The summed E-state index contributed by atoms with van der Waals surface area (Å²) >= 11 is 7.11. The molecular weight excluding hydrogens is 367 g/mol. The minimum absolute atomic E-state index is 0.171. The van der Waals surface area contributed by atoms with E-state index < -0.39 is 5.82 Å². The van der Waals surface area contributed by atoms with Gasteiger partial charge in [-0.05, 0) is 36.8 Å². The zero-order valence-corrected chi connectivity index (χ0v) is 14.8. The monoisotopic (exact) mass is 382 g/mol. The van der Waals surface area contributed by atoms with Crippen LogP contribution in [0.3, 0.4) is 0 Å². The van der Waals surface area contributed by atoms with Crippen molar-refractivity contribution in [3.8, 4) is 10.6 Å². The van der Waals surface area contributed by atoms with E-state index in [9.17, 15) is 9.18 Å². The van der Waals surface area contributed by atoms with Gasteiger partial charge in [-0.15, -0.1) is 10.2 Å². The van der Waals surface area contributed by atoms with Crippen LogP contribution in [-0.2, 0) is 4.74 Å². The number of nitrogens with one attached hydrogen (secondary N) is 2. The molecule has 1 unspecified atom stereocenters. The molecule has 132 valence electrons. The first-order chi connectivity index (χ1) is 12.1. The molecule has 1 saturated heterocycles. The molecule has 1 aliphatic carbocycles. The Hall–Kier alpha value is -1.77. The van der Waals surface area contributed by atoms with Crippen LogP contribution in [0.5, 0.6) is 0 Å². The number of halogens is 2. The molecule has 2 N–H and O–H groups in total. The summed E-state index contributed by atoms with van der Waals surface area (Å²) in [5.74, 6) is -0.473. The van der Waals surface area contributed by atoms with Gasteiger partial charge in [0.15, 0.2) is 5.01 Å². The van der Waals surface area contributed by atoms with E-state index in [1.54, 1.807) is 6.07 Å². The fraction of sp³-hybridized carbons (Fsp3) is 0.438. The maximum Gasteiger partial charge on any atom is 0.321 e. The second kappa shape index (κ2) is 6.51. The van der Waals surface area contributed by atoms with Crippen molar-refractivity contribution in [1.82, 2.24) is 15.5 Å². The van der Waals surface area contributed by atoms with Crippen LogP contribution in [0.15, 0.2) is 18.2 Å². The summed E-state index contributed by atoms with van der Waals surface area (Å²) in [6.45, 7) is 1.51. The lowest BCUT2D eigenvalue weighted by atomic mass is 9.96. The van der Waals surface area contributed by atoms with Crippen LogP contribution in [0.4, 0.5) is 14.3 Å². The van der Waals surface area contributed by atoms with Gasteiger partial charge in [-0.3, -0.25) is 5.32 Å². The molecule has 25 heavy (non-hydrogen) atoms. The summed E-state index contributed by atoms with van der Waals surface area (Å²) in [5.41, 5.74) is 0.390. The lowest BCUT2D eigenvalue weighted by Gasteiger charge is -2.22. The van der Waals surface area contributed by atoms with Crippen LogP contribution in [0.2, 0.25) is 5.02 Å². The number of hydrogen-bond acceptors (Lipinski definition) is 5. The minimum Gasteiger partial charge on any atom is -0.381 e. The number of rotatable bonds is 3. The largest absolute Gasteiger partial charge is 0.381 e. The molecule has 1 aromatic heterocycles. The summed E-state index contributed by atoms with van der Waals surface area (Å²) in [6, 6.07) is 4.27. The molecule has 4 rings (SSSR count). The Balaban J connectivity index is 1.39. The van der Waals surface area contributed by atoms with Crippen molar-refractivity contribution in [2.24, 2.45) is 5.41 Å². The summed E-state index contributed by atoms with van der Waals surface area (Å²) in [6.07, 6.45) is 2.94. The fourth-order valence-electron chi connectivity index (χ4n) is 3.25. The van der Waals surface area contributed by atoms with Gasteiger partial charge in [0.2, 0.25) is 5.13 Å². The van der Waals surface area contributed by atoms with E-state index in [1.807, 2.05) is 0 Å². The van der Waals surface area contributed by atoms with Crippen LogP contribution < -0.4 is 10.6 Å². The molecule has 1 atom stereocenters. The van der Waals surface area contributed by atoms with Gasteiger partial charge in [0.25, 0.3) is 0 Å². The minimum atomic E-state index is -0.473. The first-order valence-corrected chi connectivity index (χ1v) is 9.20. The molecule has 2 aliphatic rings. The smallest absolute Gasteiger partial charge is 0.321 e. The Morgan fingerprint density at radius 2 is 2.16 bits per heavy atom. The van der Waals surface area contributed by atoms with Crippen molar-refractivity contribution in [2.75, 3.05) is 18.5 Å². The second-order valence-corrected chi connectivity index (χ2v) is 7.72.